The molecule has 0 fully saturated rings. The van der Waals surface area contributed by atoms with Crippen molar-refractivity contribution < 1.29 is 0 Å². The Kier molecular flexibility index (Phi) is 4.72. The zero-order valence-corrected chi connectivity index (χ0v) is 12.2. The third-order valence-corrected chi connectivity index (χ3v) is 3.86. The molecule has 1 heterocycles. The van der Waals surface area contributed by atoms with Crippen LogP contribution in [0.2, 0.25) is 0 Å². The van der Waals surface area contributed by atoms with Crippen LogP contribution in [0.5, 0.6) is 0 Å². The number of hydrogen-bond acceptors (Lipinski definition) is 2. The van der Waals surface area contributed by atoms with E-state index in [1.165, 1.54) is 15.9 Å². The highest BCUT2D eigenvalue weighted by Crippen LogP contribution is 2.26. The molecule has 0 aliphatic rings. The first-order chi connectivity index (χ1) is 8.65. The van der Waals surface area contributed by atoms with E-state index >= 15 is 0 Å². The van der Waals surface area contributed by atoms with Crippen LogP contribution in [0.15, 0.2) is 35.4 Å². The van der Waals surface area contributed by atoms with Gasteiger partial charge in [-0.05, 0) is 24.6 Å². The molecule has 0 saturated carbocycles. The Morgan fingerprint density at radius 2 is 1.94 bits per heavy atom. The van der Waals surface area contributed by atoms with Gasteiger partial charge in [0.2, 0.25) is 0 Å². The Morgan fingerprint density at radius 1 is 1.17 bits per heavy atom. The summed E-state index contributed by atoms with van der Waals surface area (Å²) in [5, 5.41) is 6.64. The molecular weight excluding hydrogens is 240 g/mol. The van der Waals surface area contributed by atoms with Crippen molar-refractivity contribution in [1.82, 2.24) is 10.3 Å². The SMILES string of the molecule is CC(C)CNCC(C)Sc1cc2ccccc2[nH]1. The molecule has 0 aliphatic heterocycles. The number of rotatable bonds is 6. The number of nitrogens with one attached hydrogen (secondary N) is 2. The molecule has 2 aromatic rings. The molecule has 1 atom stereocenters. The molecule has 0 saturated heterocycles. The number of hydrogen-bond donors (Lipinski definition) is 2. The lowest BCUT2D eigenvalue weighted by Gasteiger charge is -2.12. The average Bonchev–Trinajstić information content (AvgIpc) is 2.70. The summed E-state index contributed by atoms with van der Waals surface area (Å²) in [5.41, 5.74) is 1.22. The van der Waals surface area contributed by atoms with Crippen LogP contribution in [0.4, 0.5) is 0 Å². The van der Waals surface area contributed by atoms with Gasteiger partial charge in [0.1, 0.15) is 0 Å². The van der Waals surface area contributed by atoms with Crippen molar-refractivity contribution >= 4 is 22.7 Å². The van der Waals surface area contributed by atoms with Crippen LogP contribution in [0.3, 0.4) is 0 Å². The fourth-order valence-corrected chi connectivity index (χ4v) is 2.94. The molecule has 98 valence electrons. The van der Waals surface area contributed by atoms with Crippen LogP contribution in [0, 0.1) is 5.92 Å². The van der Waals surface area contributed by atoms with Gasteiger partial charge in [-0.1, -0.05) is 39.0 Å². The molecule has 1 aromatic heterocycles. The maximum Gasteiger partial charge on any atom is 0.0735 e. The maximum atomic E-state index is 3.50. The zero-order valence-electron chi connectivity index (χ0n) is 11.4. The van der Waals surface area contributed by atoms with E-state index in [1.807, 2.05) is 11.8 Å². The fourth-order valence-electron chi connectivity index (χ4n) is 1.94. The van der Waals surface area contributed by atoms with E-state index in [0.717, 1.165) is 19.0 Å². The van der Waals surface area contributed by atoms with E-state index in [1.54, 1.807) is 0 Å². The van der Waals surface area contributed by atoms with E-state index in [-0.39, 0.29) is 0 Å². The van der Waals surface area contributed by atoms with Crippen molar-refractivity contribution in [2.24, 2.45) is 5.92 Å². The van der Waals surface area contributed by atoms with Crippen molar-refractivity contribution in [3.8, 4) is 0 Å². The van der Waals surface area contributed by atoms with Gasteiger partial charge >= 0.3 is 0 Å². The van der Waals surface area contributed by atoms with Gasteiger partial charge in [-0.2, -0.15) is 0 Å². The summed E-state index contributed by atoms with van der Waals surface area (Å²) in [6.45, 7) is 8.89. The molecule has 1 unspecified atom stereocenters. The number of thioether (sulfide) groups is 1. The van der Waals surface area contributed by atoms with Crippen LogP contribution in [-0.2, 0) is 0 Å². The van der Waals surface area contributed by atoms with Gasteiger partial charge in [0.25, 0.3) is 0 Å². The van der Waals surface area contributed by atoms with Gasteiger partial charge in [-0.25, -0.2) is 0 Å². The Hall–Kier alpha value is -0.930. The number of aromatic nitrogens is 1. The molecule has 1 aromatic carbocycles. The summed E-state index contributed by atoms with van der Waals surface area (Å²) < 4.78 is 0. The second kappa shape index (κ2) is 6.30. The minimum absolute atomic E-state index is 0.580. The van der Waals surface area contributed by atoms with Crippen LogP contribution in [-0.4, -0.2) is 23.3 Å². The number of H-pyrrole nitrogens is 1. The molecule has 0 amide bonds. The normalized spacial score (nSPS) is 13.3. The molecule has 18 heavy (non-hydrogen) atoms. The topological polar surface area (TPSA) is 27.8 Å². The highest BCUT2D eigenvalue weighted by molar-refractivity contribution is 7.99. The second-order valence-corrected chi connectivity index (χ2v) is 6.68. The fraction of sp³-hybridized carbons (Fsp3) is 0.467. The van der Waals surface area contributed by atoms with Crippen molar-refractivity contribution in [3.63, 3.8) is 0 Å². The minimum Gasteiger partial charge on any atom is -0.350 e. The molecule has 2 nitrogen and oxygen atoms in total. The van der Waals surface area contributed by atoms with Crippen molar-refractivity contribution in [2.75, 3.05) is 13.1 Å². The zero-order chi connectivity index (χ0) is 13.0. The smallest absolute Gasteiger partial charge is 0.0735 e. The second-order valence-electron chi connectivity index (χ2n) is 5.20. The highest BCUT2D eigenvalue weighted by atomic mass is 32.2. The van der Waals surface area contributed by atoms with Gasteiger partial charge in [-0.3, -0.25) is 0 Å². The van der Waals surface area contributed by atoms with E-state index in [0.29, 0.717) is 5.25 Å². The first-order valence-corrected chi connectivity index (χ1v) is 7.48. The lowest BCUT2D eigenvalue weighted by atomic mass is 10.2. The van der Waals surface area contributed by atoms with Crippen LogP contribution < -0.4 is 5.32 Å². The van der Waals surface area contributed by atoms with Crippen LogP contribution in [0.25, 0.3) is 10.9 Å². The van der Waals surface area contributed by atoms with Crippen molar-refractivity contribution in [2.45, 2.75) is 31.0 Å². The Labute approximate surface area is 114 Å². The quantitative estimate of drug-likeness (QED) is 0.773. The van der Waals surface area contributed by atoms with Gasteiger partial charge < -0.3 is 10.3 Å². The van der Waals surface area contributed by atoms with Gasteiger partial charge in [0, 0.05) is 22.7 Å². The molecule has 2 rings (SSSR count). The summed E-state index contributed by atoms with van der Waals surface area (Å²) in [4.78, 5) is 3.46. The lowest BCUT2D eigenvalue weighted by Crippen LogP contribution is -2.26. The molecule has 2 N–H and O–H groups in total. The summed E-state index contributed by atoms with van der Waals surface area (Å²) in [6, 6.07) is 10.7. The molecule has 0 radical (unpaired) electrons. The summed E-state index contributed by atoms with van der Waals surface area (Å²) in [7, 11) is 0. The molecular formula is C15H22N2S. The largest absolute Gasteiger partial charge is 0.350 e. The Morgan fingerprint density at radius 3 is 2.67 bits per heavy atom. The summed E-state index contributed by atoms with van der Waals surface area (Å²) in [5.74, 6) is 0.718. The molecule has 0 spiro atoms. The first kappa shape index (κ1) is 13.5. The predicted octanol–water partition coefficient (Wildman–Crippen LogP) is 3.89. The van der Waals surface area contributed by atoms with E-state index in [9.17, 15) is 0 Å². The summed E-state index contributed by atoms with van der Waals surface area (Å²) in [6.07, 6.45) is 0. The number of aromatic amines is 1. The van der Waals surface area contributed by atoms with E-state index in [4.69, 9.17) is 0 Å². The van der Waals surface area contributed by atoms with Crippen molar-refractivity contribution in [3.05, 3.63) is 30.3 Å². The van der Waals surface area contributed by atoms with E-state index < -0.39 is 0 Å². The summed E-state index contributed by atoms with van der Waals surface area (Å²) >= 11 is 1.90. The monoisotopic (exact) mass is 262 g/mol. The molecule has 0 aliphatic carbocycles. The van der Waals surface area contributed by atoms with Crippen LogP contribution in [0.1, 0.15) is 20.8 Å². The number of para-hydroxylation sites is 1. The Balaban J connectivity index is 1.88. The van der Waals surface area contributed by atoms with Gasteiger partial charge in [0.05, 0.1) is 5.03 Å². The first-order valence-electron chi connectivity index (χ1n) is 6.60. The minimum atomic E-state index is 0.580. The third-order valence-electron chi connectivity index (χ3n) is 2.82. The number of benzene rings is 1. The Bertz CT molecular complexity index is 457. The van der Waals surface area contributed by atoms with Gasteiger partial charge in [0.15, 0.2) is 0 Å². The molecule has 0 bridgehead atoms. The van der Waals surface area contributed by atoms with E-state index in [2.05, 4.69) is 61.4 Å². The highest BCUT2D eigenvalue weighted by Gasteiger charge is 2.07. The lowest BCUT2D eigenvalue weighted by molar-refractivity contribution is 0.554. The predicted molar refractivity (Wildman–Crippen MR) is 81.3 cm³/mol. The third kappa shape index (κ3) is 3.79. The molecule has 3 heteroatoms. The average molecular weight is 262 g/mol. The van der Waals surface area contributed by atoms with Crippen molar-refractivity contribution in [1.29, 1.82) is 0 Å². The standard InChI is InChI=1S/C15H22N2S/c1-11(2)9-16-10-12(3)18-15-8-13-6-4-5-7-14(13)17-15/h4-8,11-12,16-17H,9-10H2,1-3H3. The van der Waals surface area contributed by atoms with Crippen LogP contribution >= 0.6 is 11.8 Å². The maximum absolute atomic E-state index is 3.50. The number of fused-ring (bicyclic) bond motifs is 1. The van der Waals surface area contributed by atoms with Gasteiger partial charge in [-0.15, -0.1) is 11.8 Å².